The van der Waals surface area contributed by atoms with Gasteiger partial charge in [0.15, 0.2) is 0 Å². The minimum Gasteiger partial charge on any atom is -0.481 e. The molecule has 0 rings (SSSR count). The molecule has 0 atom stereocenters. The maximum atomic E-state index is 10.3. The number of allylic oxidation sites excluding steroid dienone is 42. The van der Waals surface area contributed by atoms with Crippen LogP contribution in [0.15, 0.2) is 255 Å². The summed E-state index contributed by atoms with van der Waals surface area (Å²) < 4.78 is 0. The Kier molecular flexibility index (Phi) is 93.9. The monoisotopic (exact) mass is 1310 g/mol. The molecule has 0 aromatic carbocycles. The third kappa shape index (κ3) is 111. The quantitative estimate of drug-likeness (QED) is 0.0347. The number of carboxylic acid groups (broad SMARTS) is 4. The first-order valence-corrected chi connectivity index (χ1v) is 35.6. The fourth-order valence-electron chi connectivity index (χ4n) is 7.71. The van der Waals surface area contributed by atoms with Crippen molar-refractivity contribution in [2.45, 2.75) is 266 Å². The molecule has 0 aliphatic heterocycles. The Morgan fingerprint density at radius 1 is 0.189 bits per heavy atom. The second-order valence-corrected chi connectivity index (χ2v) is 21.8. The lowest BCUT2D eigenvalue weighted by atomic mass is 10.1. The van der Waals surface area contributed by atoms with Gasteiger partial charge in [0.1, 0.15) is 0 Å². The molecule has 0 fully saturated rings. The summed E-state index contributed by atoms with van der Waals surface area (Å²) in [5, 5.41) is 34.0. The SMILES string of the molecule is C.CC/C=C\C/C=C\C/C=C\C/C=C\C/C=C\C/C=C\CCC(=O)O.CC/C=C\C/C=C\C/C=C\C/C=C\C/C=C\CCCC(=O)O.CC/C=C\C/C=C\C/C=C\C/C=C\C/C=C\CCCCCC(=O)O.CCCCC/C=C\C/C=C\C/C=C\C/C=C\C/C=C\CCC(=O)O. The van der Waals surface area contributed by atoms with Crippen LogP contribution in [0, 0.1) is 0 Å². The molecule has 0 spiro atoms. The van der Waals surface area contributed by atoms with Crippen molar-refractivity contribution in [1.82, 2.24) is 0 Å². The summed E-state index contributed by atoms with van der Waals surface area (Å²) in [5.41, 5.74) is 0. The molecule has 0 bridgehead atoms. The number of unbranched alkanes of at least 4 members (excludes halogenated alkanes) is 7. The van der Waals surface area contributed by atoms with E-state index in [1.165, 1.54) is 25.7 Å². The molecule has 0 aromatic heterocycles. The molecule has 95 heavy (non-hydrogen) atoms. The van der Waals surface area contributed by atoms with Crippen LogP contribution in [0.25, 0.3) is 0 Å². The third-order valence-electron chi connectivity index (χ3n) is 12.9. The van der Waals surface area contributed by atoms with Gasteiger partial charge in [-0.2, -0.15) is 0 Å². The van der Waals surface area contributed by atoms with Gasteiger partial charge in [0, 0.05) is 25.7 Å². The lowest BCUT2D eigenvalue weighted by molar-refractivity contribution is -0.138. The summed E-state index contributed by atoms with van der Waals surface area (Å²) in [6.45, 7) is 8.68. The molecular formula is C87H134O8. The normalized spacial score (nSPS) is 12.7. The van der Waals surface area contributed by atoms with E-state index >= 15 is 0 Å². The number of hydrogen-bond donors (Lipinski definition) is 4. The van der Waals surface area contributed by atoms with Crippen molar-refractivity contribution >= 4 is 23.9 Å². The first kappa shape index (κ1) is 96.1. The highest BCUT2D eigenvalue weighted by molar-refractivity contribution is 5.67. The Balaban J connectivity index is -0.000000378. The van der Waals surface area contributed by atoms with Crippen molar-refractivity contribution in [2.75, 3.05) is 0 Å². The van der Waals surface area contributed by atoms with Crippen LogP contribution in [0.4, 0.5) is 0 Å². The van der Waals surface area contributed by atoms with Gasteiger partial charge in [-0.1, -0.05) is 310 Å². The fourth-order valence-corrected chi connectivity index (χ4v) is 7.71. The van der Waals surface area contributed by atoms with Gasteiger partial charge in [0.05, 0.1) is 0 Å². The molecule has 0 amide bonds. The van der Waals surface area contributed by atoms with Crippen molar-refractivity contribution in [1.29, 1.82) is 0 Å². The van der Waals surface area contributed by atoms with Gasteiger partial charge in [-0.3, -0.25) is 19.2 Å². The summed E-state index contributed by atoms with van der Waals surface area (Å²) >= 11 is 0. The van der Waals surface area contributed by atoms with Crippen LogP contribution >= 0.6 is 0 Å². The molecule has 0 aliphatic carbocycles. The van der Waals surface area contributed by atoms with E-state index in [0.717, 1.165) is 167 Å². The van der Waals surface area contributed by atoms with E-state index < -0.39 is 23.9 Å². The summed E-state index contributed by atoms with van der Waals surface area (Å²) in [6.07, 6.45) is 124. The molecule has 0 saturated carbocycles. The van der Waals surface area contributed by atoms with Crippen molar-refractivity contribution in [3.8, 4) is 0 Å². The first-order valence-electron chi connectivity index (χ1n) is 35.6. The average Bonchev–Trinajstić information content (AvgIpc) is 3.56. The largest absolute Gasteiger partial charge is 0.481 e. The van der Waals surface area contributed by atoms with Crippen molar-refractivity contribution < 1.29 is 39.6 Å². The number of carboxylic acids is 4. The molecule has 0 aromatic rings. The highest BCUT2D eigenvalue weighted by atomic mass is 16.4. The van der Waals surface area contributed by atoms with Gasteiger partial charge >= 0.3 is 23.9 Å². The van der Waals surface area contributed by atoms with Crippen LogP contribution < -0.4 is 0 Å². The van der Waals surface area contributed by atoms with Crippen molar-refractivity contribution in [3.63, 3.8) is 0 Å². The molecule has 8 heteroatoms. The van der Waals surface area contributed by atoms with Crippen LogP contribution in [0.2, 0.25) is 0 Å². The molecule has 4 N–H and O–H groups in total. The predicted octanol–water partition coefficient (Wildman–Crippen LogP) is 26.7. The van der Waals surface area contributed by atoms with Gasteiger partial charge in [0.25, 0.3) is 0 Å². The van der Waals surface area contributed by atoms with Crippen LogP contribution in [0.5, 0.6) is 0 Å². The van der Waals surface area contributed by atoms with Gasteiger partial charge < -0.3 is 20.4 Å². The number of rotatable bonds is 57. The molecule has 0 aliphatic rings. The zero-order chi connectivity index (χ0) is 69.5. The second kappa shape index (κ2) is 92.8. The lowest BCUT2D eigenvalue weighted by Gasteiger charge is -1.94. The lowest BCUT2D eigenvalue weighted by Crippen LogP contribution is -1.93. The minimum absolute atomic E-state index is 0. The van der Waals surface area contributed by atoms with E-state index in [1.807, 2.05) is 24.3 Å². The van der Waals surface area contributed by atoms with E-state index in [2.05, 4.69) is 259 Å². The zero-order valence-electron chi connectivity index (χ0n) is 59.1. The summed E-state index contributed by atoms with van der Waals surface area (Å²) in [7, 11) is 0. The van der Waals surface area contributed by atoms with E-state index in [-0.39, 0.29) is 26.7 Å². The van der Waals surface area contributed by atoms with E-state index in [4.69, 9.17) is 20.4 Å². The van der Waals surface area contributed by atoms with Crippen LogP contribution in [0.1, 0.15) is 266 Å². The van der Waals surface area contributed by atoms with Gasteiger partial charge in [0.2, 0.25) is 0 Å². The highest BCUT2D eigenvalue weighted by Gasteiger charge is 1.96. The maximum Gasteiger partial charge on any atom is 0.303 e. The number of carbonyl (C=O) groups is 4. The molecular weight excluding hydrogens is 1170 g/mol. The summed E-state index contributed by atoms with van der Waals surface area (Å²) in [6, 6.07) is 0. The molecule has 0 heterocycles. The number of aliphatic carboxylic acids is 4. The molecule has 8 nitrogen and oxygen atoms in total. The topological polar surface area (TPSA) is 149 Å². The van der Waals surface area contributed by atoms with Gasteiger partial charge in [-0.05, 0) is 186 Å². The zero-order valence-corrected chi connectivity index (χ0v) is 59.1. The fraction of sp³-hybridized carbons (Fsp3) is 0.471. The smallest absolute Gasteiger partial charge is 0.303 e. The summed E-state index contributed by atoms with van der Waals surface area (Å²) in [4.78, 5) is 41.3. The minimum atomic E-state index is -0.741. The van der Waals surface area contributed by atoms with E-state index in [1.54, 1.807) is 0 Å². The summed E-state index contributed by atoms with van der Waals surface area (Å²) in [5.74, 6) is -2.89. The standard InChI is InChI=1S/2C22H34O2.C22H32O2.C20H30O2.CH4/c3*1-2-3-4-5-6-7-8-9-10-11-12-13-14-15-16-17-18-19-20-21-22(23)24;1-2-3-4-5-6-7-8-9-10-11-12-13-14-15-16-17-18-19-20(21)22;/h6-7,9-10,12-13,15-16,18-19H,2-5,8,11,14,17,20-21H2,1H3,(H,23,24);3-4,6-7,9-10,12-13,15-16H,2,5,8,11,14,17-21H2,1H3,(H,23,24);3-4,6-7,9-10,12-13,15-16,18-19H,2,5,8,11,14,17,20-21H2,1H3,(H,23,24);3-4,6-7,9-10,12-13,15-16H,2,5,8,11,14,17-19H2,1H3,(H,21,22);1H4/b7-6-,10-9-,13-12-,16-15-,19-18-;4-3-,7-6-,10-9-,13-12-,16-15-;4-3-,7-6-,10-9-,13-12-,16-15-,19-18-;4-3-,7-6-,10-9-,13-12-,16-15-;. The first-order chi connectivity index (χ1) is 46.1. The van der Waals surface area contributed by atoms with E-state index in [0.29, 0.717) is 19.3 Å². The van der Waals surface area contributed by atoms with Gasteiger partial charge in [-0.25, -0.2) is 0 Å². The Morgan fingerprint density at radius 2 is 0.358 bits per heavy atom. The van der Waals surface area contributed by atoms with Crippen molar-refractivity contribution in [2.24, 2.45) is 0 Å². The Morgan fingerprint density at radius 3 is 0.558 bits per heavy atom. The van der Waals surface area contributed by atoms with Crippen molar-refractivity contribution in [3.05, 3.63) is 255 Å². The Labute approximate surface area is 581 Å². The van der Waals surface area contributed by atoms with Crippen LogP contribution in [0.3, 0.4) is 0 Å². The highest BCUT2D eigenvalue weighted by Crippen LogP contribution is 2.07. The van der Waals surface area contributed by atoms with Crippen LogP contribution in [-0.4, -0.2) is 44.3 Å². The Bertz CT molecular complexity index is 2370. The van der Waals surface area contributed by atoms with Crippen LogP contribution in [-0.2, 0) is 19.2 Å². The molecule has 0 saturated heterocycles. The molecule has 0 unspecified atom stereocenters. The number of hydrogen-bond acceptors (Lipinski definition) is 4. The molecule has 0 radical (unpaired) electrons. The van der Waals surface area contributed by atoms with E-state index in [9.17, 15) is 19.2 Å². The Hall–Kier alpha value is -7.58. The molecule has 530 valence electrons. The maximum absolute atomic E-state index is 10.3. The predicted molar refractivity (Wildman–Crippen MR) is 418 cm³/mol. The third-order valence-corrected chi connectivity index (χ3v) is 12.9. The van der Waals surface area contributed by atoms with Gasteiger partial charge in [-0.15, -0.1) is 0 Å². The average molecular weight is 1310 g/mol. The second-order valence-electron chi connectivity index (χ2n) is 21.8.